The van der Waals surface area contributed by atoms with Gasteiger partial charge < -0.3 is 14.6 Å². The first-order chi connectivity index (χ1) is 14.1. The van der Waals surface area contributed by atoms with Crippen LogP contribution in [0.5, 0.6) is 11.5 Å². The molecular formula is C24H18O5. The van der Waals surface area contributed by atoms with Gasteiger partial charge in [-0.1, -0.05) is 42.5 Å². The van der Waals surface area contributed by atoms with Crippen LogP contribution in [0.25, 0.3) is 6.08 Å². The van der Waals surface area contributed by atoms with Crippen LogP contribution in [-0.2, 0) is 6.61 Å². The van der Waals surface area contributed by atoms with Gasteiger partial charge in [-0.25, -0.2) is 4.79 Å². The highest BCUT2D eigenvalue weighted by Crippen LogP contribution is 2.31. The zero-order chi connectivity index (χ0) is 20.2. The number of carboxylic acids is 1. The lowest BCUT2D eigenvalue weighted by atomic mass is 9.97. The number of carboxylic acid groups (broad SMARTS) is 1. The number of Topliss-reactive ketones (excluding diaryl/α,β-unsaturated/α-hetero) is 1. The molecule has 0 radical (unpaired) electrons. The molecule has 0 aliphatic carbocycles. The Morgan fingerprint density at radius 1 is 1.03 bits per heavy atom. The fraction of sp³-hybridized carbons (Fsp3) is 0.0833. The zero-order valence-corrected chi connectivity index (χ0v) is 15.5. The number of carbonyl (C=O) groups excluding carboxylic acids is 1. The molecule has 0 amide bonds. The van der Waals surface area contributed by atoms with E-state index in [9.17, 15) is 9.59 Å². The van der Waals surface area contributed by atoms with Gasteiger partial charge in [0.25, 0.3) is 0 Å². The molecule has 3 aromatic carbocycles. The van der Waals surface area contributed by atoms with Crippen molar-refractivity contribution in [3.63, 3.8) is 0 Å². The lowest BCUT2D eigenvalue weighted by molar-refractivity contribution is 0.0696. The Balaban J connectivity index is 1.56. The summed E-state index contributed by atoms with van der Waals surface area (Å²) in [7, 11) is 0. The van der Waals surface area contributed by atoms with Crippen LogP contribution in [0.1, 0.15) is 31.8 Å². The minimum atomic E-state index is -1.01. The number of rotatable bonds is 5. The van der Waals surface area contributed by atoms with E-state index in [1.807, 2.05) is 30.3 Å². The van der Waals surface area contributed by atoms with Crippen molar-refractivity contribution in [2.45, 2.75) is 6.61 Å². The van der Waals surface area contributed by atoms with Gasteiger partial charge in [0.2, 0.25) is 0 Å². The van der Waals surface area contributed by atoms with Crippen LogP contribution in [0.15, 0.2) is 78.4 Å². The number of hydrogen-bond donors (Lipinski definition) is 1. The third-order valence-electron chi connectivity index (χ3n) is 4.59. The van der Waals surface area contributed by atoms with Gasteiger partial charge in [0.05, 0.1) is 11.1 Å². The number of ether oxygens (including phenoxy) is 2. The molecule has 0 aromatic heterocycles. The Morgan fingerprint density at radius 2 is 1.86 bits per heavy atom. The number of ketones is 1. The molecule has 5 heteroatoms. The highest BCUT2D eigenvalue weighted by atomic mass is 16.5. The topological polar surface area (TPSA) is 72.8 Å². The van der Waals surface area contributed by atoms with Gasteiger partial charge in [-0.2, -0.15) is 0 Å². The van der Waals surface area contributed by atoms with Crippen molar-refractivity contribution in [1.29, 1.82) is 0 Å². The summed E-state index contributed by atoms with van der Waals surface area (Å²) < 4.78 is 11.5. The molecule has 0 atom stereocenters. The second-order valence-electron chi connectivity index (χ2n) is 6.65. The molecule has 0 saturated heterocycles. The van der Waals surface area contributed by atoms with Gasteiger partial charge in [0, 0.05) is 5.57 Å². The Hall–Kier alpha value is -3.86. The molecule has 0 bridgehead atoms. The van der Waals surface area contributed by atoms with Crippen LogP contribution >= 0.6 is 0 Å². The first-order valence-corrected chi connectivity index (χ1v) is 9.12. The summed E-state index contributed by atoms with van der Waals surface area (Å²) >= 11 is 0. The molecule has 5 nitrogen and oxygen atoms in total. The van der Waals surface area contributed by atoms with E-state index in [-0.39, 0.29) is 18.0 Å². The number of hydrogen-bond acceptors (Lipinski definition) is 4. The minimum absolute atomic E-state index is 0.132. The molecule has 1 aliphatic heterocycles. The average molecular weight is 386 g/mol. The van der Waals surface area contributed by atoms with Gasteiger partial charge in [0.1, 0.15) is 24.7 Å². The Morgan fingerprint density at radius 3 is 2.66 bits per heavy atom. The average Bonchev–Trinajstić information content (AvgIpc) is 2.75. The Labute approximate surface area is 167 Å². The zero-order valence-electron chi connectivity index (χ0n) is 15.5. The van der Waals surface area contributed by atoms with Gasteiger partial charge >= 0.3 is 5.97 Å². The Bertz CT molecular complexity index is 1100. The van der Waals surface area contributed by atoms with Crippen molar-refractivity contribution < 1.29 is 24.2 Å². The summed E-state index contributed by atoms with van der Waals surface area (Å²) in [5, 5.41) is 9.13. The molecular weight excluding hydrogens is 368 g/mol. The van der Waals surface area contributed by atoms with Crippen molar-refractivity contribution in [2.24, 2.45) is 0 Å². The fourth-order valence-corrected chi connectivity index (χ4v) is 3.11. The van der Waals surface area contributed by atoms with E-state index in [2.05, 4.69) is 0 Å². The smallest absolute Gasteiger partial charge is 0.335 e. The highest BCUT2D eigenvalue weighted by molar-refractivity contribution is 6.14. The second kappa shape index (κ2) is 8.02. The maximum atomic E-state index is 12.9. The van der Waals surface area contributed by atoms with Crippen LogP contribution in [-0.4, -0.2) is 23.5 Å². The quantitative estimate of drug-likeness (QED) is 0.648. The van der Waals surface area contributed by atoms with E-state index in [0.29, 0.717) is 34.8 Å². The summed E-state index contributed by atoms with van der Waals surface area (Å²) in [6.45, 7) is 0.534. The van der Waals surface area contributed by atoms with Crippen LogP contribution in [0.3, 0.4) is 0 Å². The maximum absolute atomic E-state index is 12.9. The SMILES string of the molecule is O=C(O)c1cccc(C=C2COc3ccc(OCc4ccccc4)cc3C2=O)c1. The van der Waals surface area contributed by atoms with Crippen LogP contribution in [0.2, 0.25) is 0 Å². The molecule has 29 heavy (non-hydrogen) atoms. The normalized spacial score (nSPS) is 14.2. The van der Waals surface area contributed by atoms with E-state index < -0.39 is 5.97 Å². The molecule has 3 aromatic rings. The van der Waals surface area contributed by atoms with E-state index in [4.69, 9.17) is 14.6 Å². The minimum Gasteiger partial charge on any atom is -0.489 e. The predicted octanol–water partition coefficient (Wildman–Crippen LogP) is 4.62. The number of carbonyl (C=O) groups is 2. The summed E-state index contributed by atoms with van der Waals surface area (Å²) in [5.74, 6) is -0.0728. The van der Waals surface area contributed by atoms with Crippen molar-refractivity contribution in [2.75, 3.05) is 6.61 Å². The van der Waals surface area contributed by atoms with E-state index >= 15 is 0 Å². The molecule has 4 rings (SSSR count). The summed E-state index contributed by atoms with van der Waals surface area (Å²) in [6, 6.07) is 21.4. The third kappa shape index (κ3) is 4.19. The summed E-state index contributed by atoms with van der Waals surface area (Å²) in [6.07, 6.45) is 1.66. The number of aromatic carboxylic acids is 1. The molecule has 0 unspecified atom stereocenters. The first kappa shape index (κ1) is 18.5. The largest absolute Gasteiger partial charge is 0.489 e. The first-order valence-electron chi connectivity index (χ1n) is 9.12. The summed E-state index contributed by atoms with van der Waals surface area (Å²) in [5.41, 5.74) is 2.73. The molecule has 0 spiro atoms. The van der Waals surface area contributed by atoms with E-state index in [0.717, 1.165) is 5.56 Å². The highest BCUT2D eigenvalue weighted by Gasteiger charge is 2.24. The molecule has 0 saturated carbocycles. The monoisotopic (exact) mass is 386 g/mol. The summed E-state index contributed by atoms with van der Waals surface area (Å²) in [4.78, 5) is 24.1. The van der Waals surface area contributed by atoms with Crippen LogP contribution in [0.4, 0.5) is 0 Å². The Kier molecular flexibility index (Phi) is 5.12. The fourth-order valence-electron chi connectivity index (χ4n) is 3.11. The van der Waals surface area contributed by atoms with Crippen molar-refractivity contribution in [3.8, 4) is 11.5 Å². The molecule has 1 N–H and O–H groups in total. The van der Waals surface area contributed by atoms with Gasteiger partial charge in [0.15, 0.2) is 5.78 Å². The standard InChI is InChI=1S/C24H18O5/c25-23-19(12-17-7-4-8-18(11-17)24(26)27)15-29-22-10-9-20(13-21(22)23)28-14-16-5-2-1-3-6-16/h1-13H,14-15H2,(H,26,27). The van der Waals surface area contributed by atoms with Gasteiger partial charge in [-0.15, -0.1) is 0 Å². The molecule has 1 heterocycles. The van der Waals surface area contributed by atoms with Gasteiger partial charge in [-0.3, -0.25) is 4.79 Å². The van der Waals surface area contributed by atoms with Gasteiger partial charge in [-0.05, 0) is 47.5 Å². The van der Waals surface area contributed by atoms with E-state index in [1.165, 1.54) is 12.1 Å². The molecule has 1 aliphatic rings. The molecule has 144 valence electrons. The van der Waals surface area contributed by atoms with E-state index in [1.54, 1.807) is 36.4 Å². The predicted molar refractivity (Wildman–Crippen MR) is 108 cm³/mol. The van der Waals surface area contributed by atoms with Crippen molar-refractivity contribution in [1.82, 2.24) is 0 Å². The van der Waals surface area contributed by atoms with Crippen molar-refractivity contribution in [3.05, 3.63) is 101 Å². The van der Waals surface area contributed by atoms with Crippen LogP contribution < -0.4 is 9.47 Å². The lowest BCUT2D eigenvalue weighted by Crippen LogP contribution is -2.19. The number of benzene rings is 3. The lowest BCUT2D eigenvalue weighted by Gasteiger charge is -2.20. The number of fused-ring (bicyclic) bond motifs is 1. The molecule has 0 fully saturated rings. The third-order valence-corrected chi connectivity index (χ3v) is 4.59. The van der Waals surface area contributed by atoms with Crippen LogP contribution in [0, 0.1) is 0 Å². The van der Waals surface area contributed by atoms with Crippen molar-refractivity contribution >= 4 is 17.8 Å². The second-order valence-corrected chi connectivity index (χ2v) is 6.65. The maximum Gasteiger partial charge on any atom is 0.335 e.